The Kier molecular flexibility index (Phi) is 9.70. The Morgan fingerprint density at radius 1 is 1.15 bits per heavy atom. The molecule has 1 aliphatic carbocycles. The van der Waals surface area contributed by atoms with Gasteiger partial charge in [0.25, 0.3) is 0 Å². The minimum absolute atomic E-state index is 0.122. The molecule has 0 atom stereocenters. The molecule has 0 aromatic heterocycles. The van der Waals surface area contributed by atoms with E-state index in [0.717, 1.165) is 64.2 Å². The summed E-state index contributed by atoms with van der Waals surface area (Å²) < 4.78 is 44.4. The number of piperazine rings is 1. The highest BCUT2D eigenvalue weighted by molar-refractivity contribution is 6.31. The van der Waals surface area contributed by atoms with Gasteiger partial charge in [-0.3, -0.25) is 9.69 Å². The molecule has 1 aromatic carbocycles. The minimum atomic E-state index is -4.44. The first kappa shape index (κ1) is 26.1. The van der Waals surface area contributed by atoms with Crippen LogP contribution in [0.5, 0.6) is 0 Å². The van der Waals surface area contributed by atoms with Gasteiger partial charge in [0.2, 0.25) is 5.91 Å². The smallest absolute Gasteiger partial charge is 0.385 e. The summed E-state index contributed by atoms with van der Waals surface area (Å²) in [5.74, 6) is 0.798. The molecule has 1 heterocycles. The van der Waals surface area contributed by atoms with Gasteiger partial charge in [-0.2, -0.15) is 13.2 Å². The van der Waals surface area contributed by atoms with Crippen molar-refractivity contribution in [3.63, 3.8) is 0 Å². The van der Waals surface area contributed by atoms with Crippen LogP contribution >= 0.6 is 11.6 Å². The fourth-order valence-corrected chi connectivity index (χ4v) is 5.02. The highest BCUT2D eigenvalue weighted by Crippen LogP contribution is 2.37. The maximum absolute atomic E-state index is 13.1. The first-order valence-corrected chi connectivity index (χ1v) is 12.3. The number of hydrogen-bond acceptors (Lipinski definition) is 4. The van der Waals surface area contributed by atoms with E-state index in [1.54, 1.807) is 13.2 Å². The van der Waals surface area contributed by atoms with Gasteiger partial charge < -0.3 is 15.0 Å². The third kappa shape index (κ3) is 8.04. The number of carbonyl (C=O) groups is 1. The van der Waals surface area contributed by atoms with Crippen LogP contribution in [0.3, 0.4) is 0 Å². The zero-order chi connectivity index (χ0) is 23.8. The van der Waals surface area contributed by atoms with Crippen molar-refractivity contribution < 1.29 is 22.7 Å². The van der Waals surface area contributed by atoms with Crippen molar-refractivity contribution in [2.45, 2.75) is 57.2 Å². The fraction of sp³-hybridized carbons (Fsp3) is 0.708. The van der Waals surface area contributed by atoms with Gasteiger partial charge in [-0.05, 0) is 69.2 Å². The van der Waals surface area contributed by atoms with Crippen LogP contribution in [0, 0.1) is 5.92 Å². The first-order chi connectivity index (χ1) is 15.8. The van der Waals surface area contributed by atoms with Gasteiger partial charge in [-0.25, -0.2) is 0 Å². The third-order valence-corrected chi connectivity index (χ3v) is 7.14. The molecule has 1 saturated carbocycles. The lowest BCUT2D eigenvalue weighted by Crippen LogP contribution is -2.47. The van der Waals surface area contributed by atoms with Crippen LogP contribution in [0.25, 0.3) is 0 Å². The van der Waals surface area contributed by atoms with Crippen molar-refractivity contribution in [1.29, 1.82) is 0 Å². The molecular weight excluding hydrogens is 455 g/mol. The van der Waals surface area contributed by atoms with Gasteiger partial charge in [0.15, 0.2) is 0 Å². The zero-order valence-electron chi connectivity index (χ0n) is 19.3. The molecule has 9 heteroatoms. The van der Waals surface area contributed by atoms with Crippen molar-refractivity contribution >= 4 is 23.2 Å². The summed E-state index contributed by atoms with van der Waals surface area (Å²) in [6.07, 6.45) is 2.30. The molecule has 1 N–H and O–H groups in total. The zero-order valence-corrected chi connectivity index (χ0v) is 20.1. The maximum Gasteiger partial charge on any atom is 0.417 e. The fourth-order valence-electron chi connectivity index (χ4n) is 4.79. The van der Waals surface area contributed by atoms with Gasteiger partial charge in [0.05, 0.1) is 10.6 Å². The number of anilines is 1. The number of alkyl halides is 3. The number of amides is 1. The third-order valence-electron chi connectivity index (χ3n) is 6.81. The maximum atomic E-state index is 13.1. The van der Waals surface area contributed by atoms with Crippen molar-refractivity contribution in [1.82, 2.24) is 10.2 Å². The number of nitrogens with one attached hydrogen (secondary N) is 1. The lowest BCUT2D eigenvalue weighted by Gasteiger charge is -2.37. The molecule has 33 heavy (non-hydrogen) atoms. The first-order valence-electron chi connectivity index (χ1n) is 11.9. The molecule has 2 aliphatic rings. The topological polar surface area (TPSA) is 44.8 Å². The van der Waals surface area contributed by atoms with Gasteiger partial charge in [-0.15, -0.1) is 0 Å². The average Bonchev–Trinajstić information content (AvgIpc) is 2.79. The number of ether oxygens (including phenoxy) is 1. The van der Waals surface area contributed by atoms with Crippen LogP contribution < -0.4 is 10.2 Å². The van der Waals surface area contributed by atoms with E-state index in [-0.39, 0.29) is 10.9 Å². The van der Waals surface area contributed by atoms with E-state index in [0.29, 0.717) is 43.8 Å². The van der Waals surface area contributed by atoms with E-state index >= 15 is 0 Å². The summed E-state index contributed by atoms with van der Waals surface area (Å²) in [6.45, 7) is 4.74. The van der Waals surface area contributed by atoms with Crippen LogP contribution in [0.4, 0.5) is 18.9 Å². The van der Waals surface area contributed by atoms with E-state index in [9.17, 15) is 18.0 Å². The lowest BCUT2D eigenvalue weighted by atomic mass is 9.84. The van der Waals surface area contributed by atoms with Crippen LogP contribution in [0.1, 0.15) is 50.5 Å². The number of benzene rings is 1. The summed E-state index contributed by atoms with van der Waals surface area (Å²) in [4.78, 5) is 16.4. The quantitative estimate of drug-likeness (QED) is 0.497. The second kappa shape index (κ2) is 12.3. The Morgan fingerprint density at radius 3 is 2.48 bits per heavy atom. The molecule has 1 saturated heterocycles. The standard InChI is InChI=1S/C24H35ClF3N3O2/c1-33-16-2-3-23(32)29-19-6-4-18(5-7-19)10-11-30-12-14-31(15-13-30)20-8-9-22(25)21(17-20)24(26,27)28/h8-9,17-19H,2-7,10-16H2,1H3,(H,29,32). The highest BCUT2D eigenvalue weighted by Gasteiger charge is 2.34. The van der Waals surface area contributed by atoms with Gasteiger partial charge in [0.1, 0.15) is 0 Å². The number of rotatable bonds is 9. The van der Waals surface area contributed by atoms with Crippen LogP contribution in [0.15, 0.2) is 18.2 Å². The summed E-state index contributed by atoms with van der Waals surface area (Å²) in [5.41, 5.74) is -0.195. The minimum Gasteiger partial charge on any atom is -0.385 e. The monoisotopic (exact) mass is 489 g/mol. The Morgan fingerprint density at radius 2 is 1.85 bits per heavy atom. The molecule has 1 aromatic rings. The van der Waals surface area contributed by atoms with Crippen molar-refractivity contribution in [2.24, 2.45) is 5.92 Å². The molecule has 186 valence electrons. The summed E-state index contributed by atoms with van der Waals surface area (Å²) in [6, 6.07) is 4.46. The van der Waals surface area contributed by atoms with Gasteiger partial charge in [-0.1, -0.05) is 11.6 Å². The number of methoxy groups -OCH3 is 1. The molecule has 0 unspecified atom stereocenters. The van der Waals surface area contributed by atoms with Gasteiger partial charge in [0, 0.05) is 58.0 Å². The second-order valence-corrected chi connectivity index (χ2v) is 9.57. The van der Waals surface area contributed by atoms with E-state index in [1.807, 2.05) is 4.90 Å². The Labute approximate surface area is 199 Å². The van der Waals surface area contributed by atoms with E-state index in [2.05, 4.69) is 10.2 Å². The van der Waals surface area contributed by atoms with Crippen molar-refractivity contribution in [3.05, 3.63) is 28.8 Å². The molecule has 5 nitrogen and oxygen atoms in total. The Balaban J connectivity index is 1.35. The molecule has 1 aliphatic heterocycles. The number of halogens is 4. The number of nitrogens with zero attached hydrogens (tertiary/aromatic N) is 2. The molecule has 2 fully saturated rings. The summed E-state index contributed by atoms with van der Waals surface area (Å²) in [7, 11) is 1.64. The second-order valence-electron chi connectivity index (χ2n) is 9.16. The largest absolute Gasteiger partial charge is 0.417 e. The van der Waals surface area contributed by atoms with Crippen LogP contribution in [-0.2, 0) is 15.7 Å². The van der Waals surface area contributed by atoms with Gasteiger partial charge >= 0.3 is 6.18 Å². The molecule has 0 spiro atoms. The predicted octanol–water partition coefficient (Wildman–Crippen LogP) is 4.97. The van der Waals surface area contributed by atoms with Crippen LogP contribution in [0.2, 0.25) is 5.02 Å². The SMILES string of the molecule is COCCCC(=O)NC1CCC(CCN2CCN(c3ccc(Cl)c(C(F)(F)F)c3)CC2)CC1. The van der Waals surface area contributed by atoms with E-state index in [4.69, 9.17) is 16.3 Å². The number of hydrogen-bond donors (Lipinski definition) is 1. The Bertz CT molecular complexity index is 762. The number of carbonyl (C=O) groups excluding carboxylic acids is 1. The Hall–Kier alpha value is -1.51. The lowest BCUT2D eigenvalue weighted by molar-refractivity contribution is -0.137. The summed E-state index contributed by atoms with van der Waals surface area (Å²) >= 11 is 5.75. The molecule has 0 bridgehead atoms. The molecular formula is C24H35ClF3N3O2. The van der Waals surface area contributed by atoms with Crippen molar-refractivity contribution in [3.8, 4) is 0 Å². The predicted molar refractivity (Wildman–Crippen MR) is 125 cm³/mol. The average molecular weight is 490 g/mol. The van der Waals surface area contributed by atoms with E-state index < -0.39 is 11.7 Å². The normalized spacial score (nSPS) is 22.4. The molecule has 3 rings (SSSR count). The summed E-state index contributed by atoms with van der Waals surface area (Å²) in [5, 5.41) is 2.89. The molecule has 1 amide bonds. The van der Waals surface area contributed by atoms with Crippen LogP contribution in [-0.4, -0.2) is 63.3 Å². The van der Waals surface area contributed by atoms with E-state index in [1.165, 1.54) is 6.07 Å². The highest BCUT2D eigenvalue weighted by atomic mass is 35.5. The van der Waals surface area contributed by atoms with Crippen molar-refractivity contribution in [2.75, 3.05) is 51.3 Å². The molecule has 0 radical (unpaired) electrons.